The van der Waals surface area contributed by atoms with Crippen LogP contribution in [0.3, 0.4) is 0 Å². The van der Waals surface area contributed by atoms with Gasteiger partial charge in [0.25, 0.3) is 0 Å². The molecule has 0 bridgehead atoms. The summed E-state index contributed by atoms with van der Waals surface area (Å²) < 4.78 is 0. The van der Waals surface area contributed by atoms with E-state index in [0.717, 1.165) is 0 Å². The fourth-order valence-electron chi connectivity index (χ4n) is 1.19. The van der Waals surface area contributed by atoms with Crippen LogP contribution in [0, 0.1) is 13.1 Å². The molecule has 0 aliphatic rings. The van der Waals surface area contributed by atoms with Crippen LogP contribution in [0.2, 0.25) is 0 Å². The Morgan fingerprint density at radius 1 is 1.20 bits per heavy atom. The van der Waals surface area contributed by atoms with Crippen LogP contribution in [0.4, 0.5) is 0 Å². The molecule has 75 valence electrons. The molecule has 15 heavy (non-hydrogen) atoms. The highest BCUT2D eigenvalue weighted by Gasteiger charge is 2.03. The first-order valence-corrected chi connectivity index (χ1v) is 4.40. The number of aryl methyl sites for hydroxylation is 1. The van der Waals surface area contributed by atoms with Gasteiger partial charge in [-0.3, -0.25) is 0 Å². The maximum absolute atomic E-state index is 9.31. The molecule has 0 saturated carbocycles. The van der Waals surface area contributed by atoms with Gasteiger partial charge in [-0.2, -0.15) is 0 Å². The van der Waals surface area contributed by atoms with E-state index >= 15 is 0 Å². The fraction of sp³-hybridized carbons (Fsp3) is 0.0909. The predicted molar refractivity (Wildman–Crippen MR) is 54.4 cm³/mol. The summed E-state index contributed by atoms with van der Waals surface area (Å²) in [6, 6.07) is 4.53. The maximum Gasteiger partial charge on any atom is 0.158 e. The Morgan fingerprint density at radius 2 is 2.00 bits per heavy atom. The second-order valence-corrected chi connectivity index (χ2v) is 3.15. The summed E-state index contributed by atoms with van der Waals surface area (Å²) in [6.45, 7) is 1.77. The second-order valence-electron chi connectivity index (χ2n) is 3.15. The van der Waals surface area contributed by atoms with Crippen LogP contribution in [-0.4, -0.2) is 20.2 Å². The SMILES string of the molecule is Cc1n[c]c(-c2ccc(O)c(O)c2)cn1. The quantitative estimate of drug-likeness (QED) is 0.688. The number of aromatic nitrogens is 2. The Bertz CT molecular complexity index is 480. The molecular formula is C11H9N2O2. The van der Waals surface area contributed by atoms with Gasteiger partial charge in [0.2, 0.25) is 0 Å². The number of aromatic hydroxyl groups is 2. The lowest BCUT2D eigenvalue weighted by atomic mass is 10.1. The van der Waals surface area contributed by atoms with E-state index in [1.165, 1.54) is 12.1 Å². The average Bonchev–Trinajstić information content (AvgIpc) is 2.23. The van der Waals surface area contributed by atoms with Crippen molar-refractivity contribution in [1.82, 2.24) is 9.97 Å². The van der Waals surface area contributed by atoms with Crippen molar-refractivity contribution in [3.63, 3.8) is 0 Å². The zero-order valence-corrected chi connectivity index (χ0v) is 8.10. The van der Waals surface area contributed by atoms with Crippen molar-refractivity contribution in [2.75, 3.05) is 0 Å². The third-order valence-corrected chi connectivity index (χ3v) is 2.01. The number of hydrogen-bond acceptors (Lipinski definition) is 4. The number of hydrogen-bond donors (Lipinski definition) is 2. The van der Waals surface area contributed by atoms with Gasteiger partial charge in [-0.1, -0.05) is 6.07 Å². The summed E-state index contributed by atoms with van der Waals surface area (Å²) in [5, 5.41) is 18.5. The lowest BCUT2D eigenvalue weighted by Crippen LogP contribution is -1.88. The molecule has 1 radical (unpaired) electrons. The molecule has 4 nitrogen and oxygen atoms in total. The van der Waals surface area contributed by atoms with E-state index in [1.54, 1.807) is 19.2 Å². The zero-order chi connectivity index (χ0) is 10.8. The Kier molecular flexibility index (Phi) is 2.25. The summed E-state index contributed by atoms with van der Waals surface area (Å²) in [7, 11) is 0. The number of nitrogens with zero attached hydrogens (tertiary/aromatic N) is 2. The van der Waals surface area contributed by atoms with Crippen molar-refractivity contribution < 1.29 is 10.2 Å². The van der Waals surface area contributed by atoms with Gasteiger partial charge in [-0.15, -0.1) is 0 Å². The van der Waals surface area contributed by atoms with Crippen LogP contribution in [0.1, 0.15) is 5.82 Å². The van der Waals surface area contributed by atoms with Crippen LogP contribution < -0.4 is 0 Å². The molecule has 0 atom stereocenters. The fourth-order valence-corrected chi connectivity index (χ4v) is 1.19. The second kappa shape index (κ2) is 3.57. The third-order valence-electron chi connectivity index (χ3n) is 2.01. The van der Waals surface area contributed by atoms with Crippen LogP contribution in [-0.2, 0) is 0 Å². The number of rotatable bonds is 1. The van der Waals surface area contributed by atoms with Gasteiger partial charge in [0.1, 0.15) is 12.0 Å². The molecule has 2 aromatic rings. The van der Waals surface area contributed by atoms with Crippen molar-refractivity contribution in [1.29, 1.82) is 0 Å². The molecule has 4 heteroatoms. The van der Waals surface area contributed by atoms with E-state index in [4.69, 9.17) is 5.11 Å². The molecule has 0 saturated heterocycles. The van der Waals surface area contributed by atoms with Crippen molar-refractivity contribution in [2.24, 2.45) is 0 Å². The molecule has 0 aliphatic heterocycles. The van der Waals surface area contributed by atoms with Crippen molar-refractivity contribution >= 4 is 0 Å². The molecule has 0 amide bonds. The van der Waals surface area contributed by atoms with Gasteiger partial charge in [0, 0.05) is 11.8 Å². The highest BCUT2D eigenvalue weighted by molar-refractivity contribution is 5.64. The minimum absolute atomic E-state index is 0.146. The topological polar surface area (TPSA) is 66.2 Å². The third kappa shape index (κ3) is 1.88. The molecule has 1 aromatic heterocycles. The Labute approximate surface area is 86.9 Å². The first kappa shape index (κ1) is 9.45. The van der Waals surface area contributed by atoms with Crippen LogP contribution in [0.15, 0.2) is 24.4 Å². The van der Waals surface area contributed by atoms with Gasteiger partial charge in [0.15, 0.2) is 11.5 Å². The summed E-state index contributed by atoms with van der Waals surface area (Å²) >= 11 is 0. The predicted octanol–water partition coefficient (Wildman–Crippen LogP) is 1.66. The molecular weight excluding hydrogens is 192 g/mol. The Morgan fingerprint density at radius 3 is 2.60 bits per heavy atom. The normalized spacial score (nSPS) is 10.2. The minimum Gasteiger partial charge on any atom is -0.504 e. The average molecular weight is 201 g/mol. The van der Waals surface area contributed by atoms with Gasteiger partial charge < -0.3 is 10.2 Å². The number of phenols is 2. The largest absolute Gasteiger partial charge is 0.504 e. The highest BCUT2D eigenvalue weighted by Crippen LogP contribution is 2.29. The first-order chi connectivity index (χ1) is 7.16. The summed E-state index contributed by atoms with van der Waals surface area (Å²) in [4.78, 5) is 7.95. The lowest BCUT2D eigenvalue weighted by molar-refractivity contribution is 0.404. The Hall–Kier alpha value is -2.10. The van der Waals surface area contributed by atoms with E-state index in [-0.39, 0.29) is 11.5 Å². The number of benzene rings is 1. The van der Waals surface area contributed by atoms with E-state index in [2.05, 4.69) is 16.2 Å². The molecule has 2 N–H and O–H groups in total. The molecule has 0 fully saturated rings. The standard InChI is InChI=1S/C11H9N2O2/c1-7-12-5-9(6-13-7)8-2-3-10(14)11(15)4-8/h2-5,14-15H,1H3. The van der Waals surface area contributed by atoms with E-state index < -0.39 is 0 Å². The molecule has 0 aliphatic carbocycles. The molecule has 1 heterocycles. The lowest BCUT2D eigenvalue weighted by Gasteiger charge is -2.02. The summed E-state index contributed by atoms with van der Waals surface area (Å²) in [5.41, 5.74) is 1.39. The van der Waals surface area contributed by atoms with E-state index in [1.807, 2.05) is 0 Å². The molecule has 0 unspecified atom stereocenters. The number of phenolic OH excluding ortho intramolecular Hbond substituents is 2. The van der Waals surface area contributed by atoms with Crippen LogP contribution in [0.5, 0.6) is 11.5 Å². The van der Waals surface area contributed by atoms with E-state index in [9.17, 15) is 5.11 Å². The molecule has 0 spiro atoms. The first-order valence-electron chi connectivity index (χ1n) is 4.40. The van der Waals surface area contributed by atoms with Gasteiger partial charge in [-0.25, -0.2) is 9.97 Å². The van der Waals surface area contributed by atoms with Crippen LogP contribution in [0.25, 0.3) is 11.1 Å². The Balaban J connectivity index is 2.45. The summed E-state index contributed by atoms with van der Waals surface area (Å²) in [5.74, 6) is 0.329. The van der Waals surface area contributed by atoms with Crippen LogP contribution >= 0.6 is 0 Å². The van der Waals surface area contributed by atoms with Gasteiger partial charge >= 0.3 is 0 Å². The maximum atomic E-state index is 9.31. The van der Waals surface area contributed by atoms with Crippen molar-refractivity contribution in [3.8, 4) is 22.6 Å². The smallest absolute Gasteiger partial charge is 0.158 e. The summed E-state index contributed by atoms with van der Waals surface area (Å²) in [6.07, 6.45) is 4.41. The zero-order valence-electron chi connectivity index (χ0n) is 8.10. The highest BCUT2D eigenvalue weighted by atomic mass is 16.3. The molecule has 2 rings (SSSR count). The monoisotopic (exact) mass is 201 g/mol. The molecule has 1 aromatic carbocycles. The van der Waals surface area contributed by atoms with Crippen molar-refractivity contribution in [2.45, 2.75) is 6.92 Å². The van der Waals surface area contributed by atoms with E-state index in [0.29, 0.717) is 17.0 Å². The van der Waals surface area contributed by atoms with Gasteiger partial charge in [-0.05, 0) is 24.6 Å². The van der Waals surface area contributed by atoms with Crippen molar-refractivity contribution in [3.05, 3.63) is 36.4 Å². The minimum atomic E-state index is -0.165. The van der Waals surface area contributed by atoms with Gasteiger partial charge in [0.05, 0.1) is 0 Å².